The number of rotatable bonds is 8. The third-order valence-electron chi connectivity index (χ3n) is 11.8. The van der Waals surface area contributed by atoms with E-state index in [1.54, 1.807) is 73.1 Å². The van der Waals surface area contributed by atoms with Gasteiger partial charge in [0.1, 0.15) is 40.8 Å². The number of hydrogen-bond donors (Lipinski definition) is 3. The summed E-state index contributed by atoms with van der Waals surface area (Å²) in [5, 5.41) is 16.4. The zero-order chi connectivity index (χ0) is 60.6. The van der Waals surface area contributed by atoms with E-state index in [4.69, 9.17) is 71.5 Å². The zero-order valence-corrected chi connectivity index (χ0v) is 54.3. The molecule has 12 heterocycles. The summed E-state index contributed by atoms with van der Waals surface area (Å²) < 4.78 is 11.6. The van der Waals surface area contributed by atoms with Crippen LogP contribution in [0.15, 0.2) is 86.8 Å². The van der Waals surface area contributed by atoms with Gasteiger partial charge in [-0.25, -0.2) is 54.8 Å². The lowest BCUT2D eigenvalue weighted by Gasteiger charge is -2.09. The fourth-order valence-corrected chi connectivity index (χ4v) is 10.1. The van der Waals surface area contributed by atoms with Crippen LogP contribution in [0.25, 0.3) is 67.0 Å². The Morgan fingerprint density at radius 2 is 0.952 bits per heavy atom. The molecule has 0 fully saturated rings. The quantitative estimate of drug-likeness (QED) is 0.0419. The molecule has 0 spiro atoms. The Morgan fingerprint density at radius 1 is 0.542 bits per heavy atom. The number of nitrogen functional groups attached to an aromatic ring is 1. The second-order valence-electron chi connectivity index (χ2n) is 19.3. The Balaban J connectivity index is 0.000000144. The van der Waals surface area contributed by atoms with Crippen molar-refractivity contribution >= 4 is 203 Å². The Morgan fingerprint density at radius 3 is 1.45 bits per heavy atom. The van der Waals surface area contributed by atoms with Crippen molar-refractivity contribution < 1.29 is 4.92 Å². The van der Waals surface area contributed by atoms with Crippen LogP contribution in [0.1, 0.15) is 99.4 Å². The summed E-state index contributed by atoms with van der Waals surface area (Å²) in [5.41, 5.74) is 15.3. The van der Waals surface area contributed by atoms with Crippen LogP contribution in [-0.2, 0) is 0 Å². The molecule has 0 saturated carbocycles. The number of aromatic nitrogens is 18. The van der Waals surface area contributed by atoms with E-state index < -0.39 is 4.92 Å². The lowest BCUT2D eigenvalue weighted by molar-refractivity contribution is -0.389. The van der Waals surface area contributed by atoms with Gasteiger partial charge >= 0.3 is 5.82 Å². The van der Waals surface area contributed by atoms with Gasteiger partial charge in [-0.3, -0.25) is 4.57 Å². The highest BCUT2D eigenvalue weighted by Gasteiger charge is 2.20. The number of hydrogen-bond acceptors (Lipinski definition) is 16. The number of nitrogens with one attached hydrogen (secondary N) is 2. The predicted octanol–water partition coefficient (Wildman–Crippen LogP) is 14.1. The minimum absolute atomic E-state index is 0.121. The van der Waals surface area contributed by atoms with Crippen LogP contribution in [-0.4, -0.2) is 108 Å². The van der Waals surface area contributed by atoms with Gasteiger partial charge in [0.2, 0.25) is 0 Å². The predicted molar refractivity (Wildman–Crippen MR) is 350 cm³/mol. The summed E-state index contributed by atoms with van der Waals surface area (Å²) in [6.45, 7) is 20.6. The third kappa shape index (κ3) is 15.4. The molecule has 429 valence electrons. The van der Waals surface area contributed by atoms with E-state index in [9.17, 15) is 10.1 Å². The van der Waals surface area contributed by atoms with Gasteiger partial charge in [0.15, 0.2) is 41.1 Å². The number of fused-ring (bicyclic) bond motifs is 6. The van der Waals surface area contributed by atoms with Gasteiger partial charge in [0.25, 0.3) is 5.65 Å². The largest absolute Gasteiger partial charge is 0.439 e. The van der Waals surface area contributed by atoms with Gasteiger partial charge in [0, 0.05) is 56.4 Å². The maximum atomic E-state index is 10.7. The summed E-state index contributed by atoms with van der Waals surface area (Å²) in [6.07, 6.45) is 13.6. The second kappa shape index (κ2) is 28.6. The highest BCUT2D eigenvalue weighted by atomic mass is 127. The molecule has 0 aliphatic carbocycles. The number of anilines is 2. The van der Waals surface area contributed by atoms with Crippen LogP contribution in [0.3, 0.4) is 0 Å². The molecule has 0 unspecified atom stereocenters. The number of pyridine rings is 6. The lowest BCUT2D eigenvalue weighted by Crippen LogP contribution is -2.07. The standard InChI is InChI=1S/C9H10B2IN4.C9H9ClIN3.C9H9ClN4O2.C9H11ClN4.C9H10ClN3.C6H4ClN3/c1-5(2)16-4-13-8-6(15-11-10)3-7(12)14-9(8)16;1-5(2)14-4-12-8-6(10)3-7(11)13-9(8)14;1-5(2)13-4-11-8-6(10)3-7(14(15)16)12-9(8)13;1-5(2)14-4-12-8-6(10)3-7(11)13-9(8)14;1-6(2)13-5-12-8-7(10)3-4-11-9(8)13;7-4-1-2-8-6-5(4)9-3-10-6/h3-5H,1-2H3,(H,14,15);3-5H,1-2H3;3-5H,1-2H3;3-5H,1-2H3,(H2,11,13);3-6H,1-2H3;1-3H,(H,8,9,10). The highest BCUT2D eigenvalue weighted by molar-refractivity contribution is 14.1. The molecule has 4 N–H and O–H groups in total. The van der Waals surface area contributed by atoms with Gasteiger partial charge in [0.05, 0.1) is 74.8 Å². The summed E-state index contributed by atoms with van der Waals surface area (Å²) >= 11 is 34.0. The average molecular weight is 1440 g/mol. The number of aromatic amines is 1. The fraction of sp³-hybridized carbons (Fsp3) is 0.294. The zero-order valence-electron chi connectivity index (χ0n) is 46.2. The summed E-state index contributed by atoms with van der Waals surface area (Å²) in [4.78, 5) is 63.3. The number of nitrogens with two attached hydrogens (primary N) is 1. The van der Waals surface area contributed by atoms with Crippen LogP contribution in [0.4, 0.5) is 17.3 Å². The number of nitrogens with zero attached hydrogens (tertiary/aromatic N) is 18. The van der Waals surface area contributed by atoms with Crippen LogP contribution < -0.4 is 11.0 Å². The van der Waals surface area contributed by atoms with E-state index in [0.717, 1.165) is 57.7 Å². The van der Waals surface area contributed by atoms with Crippen molar-refractivity contribution in [3.63, 3.8) is 0 Å². The third-order valence-corrected chi connectivity index (χ3v) is 14.4. The summed E-state index contributed by atoms with van der Waals surface area (Å²) in [6, 6.07) is 11.5. The summed E-state index contributed by atoms with van der Waals surface area (Å²) in [7, 11) is 6.78. The first-order valence-corrected chi connectivity index (χ1v) is 29.3. The van der Waals surface area contributed by atoms with E-state index in [2.05, 4.69) is 171 Å². The molecule has 0 atom stereocenters. The Hall–Kier alpha value is -6.24. The smallest absolute Gasteiger partial charge is 0.367 e. The van der Waals surface area contributed by atoms with Crippen LogP contribution in [0.2, 0.25) is 25.1 Å². The number of halogens is 7. The molecular weight excluding hydrogens is 1390 g/mol. The monoisotopic (exact) mass is 1440 g/mol. The van der Waals surface area contributed by atoms with Gasteiger partial charge < -0.3 is 44.3 Å². The molecule has 12 aromatic rings. The molecule has 23 nitrogen and oxygen atoms in total. The van der Waals surface area contributed by atoms with Crippen molar-refractivity contribution in [3.8, 4) is 0 Å². The minimum Gasteiger partial charge on any atom is -0.439 e. The van der Waals surface area contributed by atoms with Gasteiger partial charge in [-0.1, -0.05) is 58.0 Å². The average Bonchev–Trinajstić information content (AvgIpc) is 4.51. The second-order valence-corrected chi connectivity index (χ2v) is 23.5. The first kappa shape index (κ1) is 64.3. The molecule has 0 bridgehead atoms. The fourth-order valence-electron chi connectivity index (χ4n) is 7.76. The lowest BCUT2D eigenvalue weighted by atomic mass is 9.67. The van der Waals surface area contributed by atoms with E-state index in [0.29, 0.717) is 72.4 Å². The first-order valence-electron chi connectivity index (χ1n) is 25.3. The topological polar surface area (TPSA) is 276 Å². The summed E-state index contributed by atoms with van der Waals surface area (Å²) in [5.74, 6) is 0.157. The van der Waals surface area contributed by atoms with Crippen LogP contribution in [0.5, 0.6) is 0 Å². The molecule has 0 aliphatic rings. The van der Waals surface area contributed by atoms with Crippen LogP contribution >= 0.6 is 103 Å². The van der Waals surface area contributed by atoms with Gasteiger partial charge in [-0.05, 0) is 149 Å². The van der Waals surface area contributed by atoms with Crippen molar-refractivity contribution in [1.82, 2.24) is 87.6 Å². The molecule has 0 aromatic carbocycles. The Bertz CT molecular complexity index is 4110. The van der Waals surface area contributed by atoms with Crippen LogP contribution in [0, 0.1) is 17.5 Å². The molecule has 12 aromatic heterocycles. The molecule has 83 heavy (non-hydrogen) atoms. The van der Waals surface area contributed by atoms with E-state index in [1.165, 1.54) is 13.4 Å². The molecule has 0 amide bonds. The normalized spacial score (nSPS) is 11.2. The maximum Gasteiger partial charge on any atom is 0.367 e. The number of imidazole rings is 6. The highest BCUT2D eigenvalue weighted by Crippen LogP contribution is 2.29. The molecule has 12 rings (SSSR count). The molecular formula is C51H53B2Cl5I2N21O2. The van der Waals surface area contributed by atoms with Crippen molar-refractivity contribution in [2.24, 2.45) is 0 Å². The Labute approximate surface area is 530 Å². The van der Waals surface area contributed by atoms with Crippen molar-refractivity contribution in [2.75, 3.05) is 11.0 Å². The van der Waals surface area contributed by atoms with E-state index in [-0.39, 0.29) is 16.9 Å². The molecule has 0 saturated heterocycles. The SMILES string of the molecule is CC(C)n1cnc2c(Cl)cc(I)nc21.CC(C)n1cnc2c(Cl)cc(N)nc21.CC(C)n1cnc2c(Cl)cc([N+](=O)[O-])nc21.CC(C)n1cnc2c(Cl)ccnc21.Clc1ccnc2nc[nH]c12.[B][B]Nc1cc(I)nc2c1ncn2C(C)C. The van der Waals surface area contributed by atoms with Gasteiger partial charge in [-0.2, -0.15) is 0 Å². The van der Waals surface area contributed by atoms with Crippen molar-refractivity contribution in [1.29, 1.82) is 0 Å². The Kier molecular flexibility index (Phi) is 22.1. The first-order chi connectivity index (χ1) is 39.4. The molecule has 0 aliphatic heterocycles. The van der Waals surface area contributed by atoms with E-state index >= 15 is 0 Å². The maximum absolute atomic E-state index is 10.7. The number of nitro groups is 1. The van der Waals surface area contributed by atoms with E-state index in [1.807, 2.05) is 44.2 Å². The molecule has 32 heteroatoms. The van der Waals surface area contributed by atoms with Crippen molar-refractivity contribution in [3.05, 3.63) is 129 Å². The minimum atomic E-state index is -0.566. The number of H-pyrrole nitrogens is 1. The van der Waals surface area contributed by atoms with Gasteiger partial charge in [-0.15, -0.1) is 0 Å². The molecule has 3 radical (unpaired) electrons. The van der Waals surface area contributed by atoms with Crippen molar-refractivity contribution in [2.45, 2.75) is 99.4 Å².